The maximum absolute atomic E-state index is 13.4. The fourth-order valence-corrected chi connectivity index (χ4v) is 6.65. The molecule has 0 radical (unpaired) electrons. The number of fused-ring (bicyclic) bond motifs is 1. The lowest BCUT2D eigenvalue weighted by atomic mass is 9.90. The van der Waals surface area contributed by atoms with Crippen molar-refractivity contribution >= 4 is 15.9 Å². The van der Waals surface area contributed by atoms with E-state index in [1.54, 1.807) is 28.6 Å². The van der Waals surface area contributed by atoms with E-state index in [-0.39, 0.29) is 16.7 Å². The minimum atomic E-state index is -3.66. The van der Waals surface area contributed by atoms with Crippen molar-refractivity contribution in [2.75, 3.05) is 32.7 Å². The summed E-state index contributed by atoms with van der Waals surface area (Å²) in [7, 11) is -3.66. The van der Waals surface area contributed by atoms with E-state index in [1.807, 2.05) is 55.5 Å². The van der Waals surface area contributed by atoms with E-state index >= 15 is 0 Å². The highest BCUT2D eigenvalue weighted by Crippen LogP contribution is 2.27. The molecule has 6 nitrogen and oxygen atoms in total. The van der Waals surface area contributed by atoms with E-state index in [0.29, 0.717) is 31.2 Å². The second-order valence-electron chi connectivity index (χ2n) is 9.28. The maximum Gasteiger partial charge on any atom is 0.251 e. The average Bonchev–Trinajstić information content (AvgIpc) is 3.39. The first kappa shape index (κ1) is 26.1. The van der Waals surface area contributed by atoms with Crippen molar-refractivity contribution in [1.29, 1.82) is 0 Å². The molecular formula is C29H35N3O3S. The van der Waals surface area contributed by atoms with Crippen molar-refractivity contribution in [3.05, 3.63) is 102 Å². The summed E-state index contributed by atoms with van der Waals surface area (Å²) in [5, 5.41) is 3.02. The Kier molecular flexibility index (Phi) is 8.56. The molecule has 2 aromatic carbocycles. The van der Waals surface area contributed by atoms with Crippen LogP contribution in [0.4, 0.5) is 0 Å². The van der Waals surface area contributed by atoms with E-state index in [0.717, 1.165) is 37.1 Å². The monoisotopic (exact) mass is 505 g/mol. The first-order chi connectivity index (χ1) is 17.4. The van der Waals surface area contributed by atoms with E-state index in [2.05, 4.69) is 16.8 Å². The standard InChI is InChI=1S/C29H35N3O3S/c1-3-5-11-23(4-2)28(24-12-7-6-8-13-24)21-30-29(33)25-14-9-16-27(20-25)36(34,35)32-19-18-31-17-10-15-26(31)22-32/h3-9,11-14,16,20,26,28H,1,10,15,17-19,21-22H2,2H3,(H,30,33)/b11-5-,23-4+. The molecule has 2 fully saturated rings. The number of hydrogen-bond donors (Lipinski definition) is 1. The van der Waals surface area contributed by atoms with Gasteiger partial charge in [-0.1, -0.05) is 67.3 Å². The molecule has 1 amide bonds. The van der Waals surface area contributed by atoms with Crippen molar-refractivity contribution < 1.29 is 13.2 Å². The molecule has 2 aliphatic rings. The molecule has 2 aliphatic heterocycles. The van der Waals surface area contributed by atoms with Crippen LogP contribution in [0.15, 0.2) is 95.9 Å². The molecular weight excluding hydrogens is 470 g/mol. The predicted octanol–water partition coefficient (Wildman–Crippen LogP) is 4.36. The minimum Gasteiger partial charge on any atom is -0.351 e. The van der Waals surface area contributed by atoms with E-state index in [9.17, 15) is 13.2 Å². The van der Waals surface area contributed by atoms with Gasteiger partial charge in [-0.15, -0.1) is 0 Å². The zero-order chi connectivity index (χ0) is 25.5. The predicted molar refractivity (Wildman–Crippen MR) is 144 cm³/mol. The van der Waals surface area contributed by atoms with Crippen molar-refractivity contribution in [2.24, 2.45) is 0 Å². The topological polar surface area (TPSA) is 69.7 Å². The van der Waals surface area contributed by atoms with Gasteiger partial charge in [0.15, 0.2) is 0 Å². The van der Waals surface area contributed by atoms with Gasteiger partial charge in [0, 0.05) is 43.7 Å². The molecule has 190 valence electrons. The van der Waals surface area contributed by atoms with E-state index < -0.39 is 10.0 Å². The van der Waals surface area contributed by atoms with Crippen LogP contribution in [-0.4, -0.2) is 62.3 Å². The fourth-order valence-electron chi connectivity index (χ4n) is 5.13. The number of nitrogens with zero attached hydrogens (tertiary/aromatic N) is 2. The van der Waals surface area contributed by atoms with Crippen LogP contribution >= 0.6 is 0 Å². The molecule has 1 N–H and O–H groups in total. The summed E-state index contributed by atoms with van der Waals surface area (Å²) >= 11 is 0. The number of allylic oxidation sites excluding steroid dienone is 4. The van der Waals surface area contributed by atoms with Crippen LogP contribution in [0.2, 0.25) is 0 Å². The van der Waals surface area contributed by atoms with Crippen LogP contribution in [0.3, 0.4) is 0 Å². The third-order valence-electron chi connectivity index (χ3n) is 7.11. The minimum absolute atomic E-state index is 0.0500. The quantitative estimate of drug-likeness (QED) is 0.514. The number of nitrogens with one attached hydrogen (secondary N) is 1. The third-order valence-corrected chi connectivity index (χ3v) is 8.97. The van der Waals surface area contributed by atoms with E-state index in [4.69, 9.17) is 0 Å². The summed E-state index contributed by atoms with van der Waals surface area (Å²) < 4.78 is 28.3. The highest BCUT2D eigenvalue weighted by atomic mass is 32.2. The maximum atomic E-state index is 13.4. The van der Waals surface area contributed by atoms with Gasteiger partial charge in [-0.25, -0.2) is 8.42 Å². The Hall–Kier alpha value is -3.00. The van der Waals surface area contributed by atoms with Crippen LogP contribution in [-0.2, 0) is 10.0 Å². The molecule has 0 saturated carbocycles. The number of hydrogen-bond acceptors (Lipinski definition) is 4. The second kappa shape index (κ2) is 11.8. The van der Waals surface area contributed by atoms with Gasteiger partial charge < -0.3 is 5.32 Å². The molecule has 0 bridgehead atoms. The summed E-state index contributed by atoms with van der Waals surface area (Å²) in [6, 6.07) is 16.7. The number of benzene rings is 2. The molecule has 36 heavy (non-hydrogen) atoms. The molecule has 0 spiro atoms. The van der Waals surface area contributed by atoms with Gasteiger partial charge in [0.1, 0.15) is 0 Å². The largest absolute Gasteiger partial charge is 0.351 e. The van der Waals surface area contributed by atoms with Crippen molar-refractivity contribution in [3.8, 4) is 0 Å². The van der Waals surface area contributed by atoms with Gasteiger partial charge in [-0.05, 0) is 55.6 Å². The number of piperazine rings is 1. The second-order valence-corrected chi connectivity index (χ2v) is 11.2. The molecule has 7 heteroatoms. The van der Waals surface area contributed by atoms with Crippen molar-refractivity contribution in [1.82, 2.24) is 14.5 Å². The lowest BCUT2D eigenvalue weighted by Crippen LogP contribution is -2.51. The molecule has 2 heterocycles. The lowest BCUT2D eigenvalue weighted by Gasteiger charge is -2.36. The van der Waals surface area contributed by atoms with Crippen LogP contribution in [0.1, 0.15) is 41.6 Å². The fraction of sp³-hybridized carbons (Fsp3) is 0.345. The van der Waals surface area contributed by atoms with Crippen LogP contribution in [0, 0.1) is 0 Å². The van der Waals surface area contributed by atoms with Crippen LogP contribution in [0.5, 0.6) is 0 Å². The summed E-state index contributed by atoms with van der Waals surface area (Å²) in [5.74, 6) is -0.345. The third kappa shape index (κ3) is 5.86. The summed E-state index contributed by atoms with van der Waals surface area (Å²) in [5.41, 5.74) is 2.48. The van der Waals surface area contributed by atoms with Gasteiger partial charge in [0.05, 0.1) is 4.90 Å². The first-order valence-corrected chi connectivity index (χ1v) is 14.0. The van der Waals surface area contributed by atoms with Gasteiger partial charge in [-0.3, -0.25) is 9.69 Å². The number of rotatable bonds is 9. The Balaban J connectivity index is 1.49. The molecule has 2 aromatic rings. The SMILES string of the molecule is C=C/C=C\C(=C/C)C(CNC(=O)c1cccc(S(=O)(=O)N2CCN3CCCC3C2)c1)c1ccccc1. The van der Waals surface area contributed by atoms with Gasteiger partial charge in [0.2, 0.25) is 10.0 Å². The Labute approximate surface area is 215 Å². The Morgan fingerprint density at radius 3 is 2.69 bits per heavy atom. The summed E-state index contributed by atoms with van der Waals surface area (Å²) in [4.78, 5) is 15.7. The number of carbonyl (C=O) groups is 1. The number of sulfonamides is 1. The lowest BCUT2D eigenvalue weighted by molar-refractivity contribution is 0.0952. The zero-order valence-corrected chi connectivity index (χ0v) is 21.7. The molecule has 2 unspecified atom stereocenters. The van der Waals surface area contributed by atoms with Crippen LogP contribution in [0.25, 0.3) is 0 Å². The molecule has 0 aliphatic carbocycles. The molecule has 2 atom stereocenters. The normalized spacial score (nSPS) is 20.2. The highest BCUT2D eigenvalue weighted by molar-refractivity contribution is 7.89. The zero-order valence-electron chi connectivity index (χ0n) is 20.8. The highest BCUT2D eigenvalue weighted by Gasteiger charge is 2.36. The van der Waals surface area contributed by atoms with Crippen molar-refractivity contribution in [3.63, 3.8) is 0 Å². The smallest absolute Gasteiger partial charge is 0.251 e. The summed E-state index contributed by atoms with van der Waals surface area (Å²) in [6.45, 7) is 8.92. The molecule has 4 rings (SSSR count). The Morgan fingerprint density at radius 1 is 1.14 bits per heavy atom. The summed E-state index contributed by atoms with van der Waals surface area (Å²) in [6.07, 6.45) is 9.79. The number of amides is 1. The average molecular weight is 506 g/mol. The number of carbonyl (C=O) groups excluding carboxylic acids is 1. The van der Waals surface area contributed by atoms with Gasteiger partial charge in [0.25, 0.3) is 5.91 Å². The van der Waals surface area contributed by atoms with Gasteiger partial charge >= 0.3 is 0 Å². The van der Waals surface area contributed by atoms with E-state index in [1.165, 1.54) is 6.07 Å². The van der Waals surface area contributed by atoms with Gasteiger partial charge in [-0.2, -0.15) is 4.31 Å². The Morgan fingerprint density at radius 2 is 1.94 bits per heavy atom. The first-order valence-electron chi connectivity index (χ1n) is 12.6. The Bertz CT molecular complexity index is 1240. The molecule has 2 saturated heterocycles. The van der Waals surface area contributed by atoms with Crippen LogP contribution < -0.4 is 5.32 Å². The molecule has 0 aromatic heterocycles. The van der Waals surface area contributed by atoms with Crippen molar-refractivity contribution in [2.45, 2.75) is 36.6 Å².